The van der Waals surface area contributed by atoms with Crippen LogP contribution in [0.3, 0.4) is 0 Å². The van der Waals surface area contributed by atoms with Crippen molar-refractivity contribution in [2.45, 2.75) is 18.6 Å². The third-order valence-electron chi connectivity index (χ3n) is 2.62. The summed E-state index contributed by atoms with van der Waals surface area (Å²) in [4.78, 5) is 0. The summed E-state index contributed by atoms with van der Waals surface area (Å²) in [5, 5.41) is 27.6. The predicted molar refractivity (Wildman–Crippen MR) is 55.8 cm³/mol. The number of nitriles is 1. The largest absolute Gasteiger partial charge is 0.385 e. The summed E-state index contributed by atoms with van der Waals surface area (Å²) in [6.45, 7) is 0. The third kappa shape index (κ3) is 1.65. The molecular formula is C12H11NO2. The molecule has 3 heteroatoms. The number of hydrogen-bond acceptors (Lipinski definition) is 3. The van der Waals surface area contributed by atoms with E-state index in [-0.39, 0.29) is 0 Å². The second-order valence-corrected chi connectivity index (χ2v) is 3.54. The molecule has 2 atom stereocenters. The second kappa shape index (κ2) is 3.85. The molecule has 0 amide bonds. The van der Waals surface area contributed by atoms with Crippen molar-refractivity contribution < 1.29 is 10.2 Å². The Morgan fingerprint density at radius 3 is 2.87 bits per heavy atom. The van der Waals surface area contributed by atoms with Crippen LogP contribution in [0.5, 0.6) is 0 Å². The monoisotopic (exact) mass is 201 g/mol. The Hall–Kier alpha value is -1.63. The molecular weight excluding hydrogens is 190 g/mol. The first-order valence-corrected chi connectivity index (χ1v) is 4.78. The van der Waals surface area contributed by atoms with Crippen molar-refractivity contribution in [2.75, 3.05) is 0 Å². The van der Waals surface area contributed by atoms with Crippen LogP contribution in [-0.4, -0.2) is 16.3 Å². The zero-order chi connectivity index (χ0) is 10.8. The van der Waals surface area contributed by atoms with E-state index in [1.165, 1.54) is 0 Å². The molecule has 15 heavy (non-hydrogen) atoms. The van der Waals surface area contributed by atoms with Gasteiger partial charge >= 0.3 is 0 Å². The predicted octanol–water partition coefficient (Wildman–Crippen LogP) is 1.17. The molecule has 0 heterocycles. The van der Waals surface area contributed by atoms with Gasteiger partial charge in [0.25, 0.3) is 0 Å². The fourth-order valence-corrected chi connectivity index (χ4v) is 1.84. The van der Waals surface area contributed by atoms with Crippen LogP contribution in [0.2, 0.25) is 0 Å². The van der Waals surface area contributed by atoms with E-state index < -0.39 is 12.2 Å². The van der Waals surface area contributed by atoms with Gasteiger partial charge in [-0.3, -0.25) is 0 Å². The van der Waals surface area contributed by atoms with Crippen LogP contribution in [0.25, 0.3) is 6.08 Å². The molecule has 0 bridgehead atoms. The molecule has 2 rings (SSSR count). The summed E-state index contributed by atoms with van der Waals surface area (Å²) >= 11 is 0. The highest BCUT2D eigenvalue weighted by Gasteiger charge is 2.22. The number of nitrogens with zero attached hydrogens (tertiary/aromatic N) is 1. The fraction of sp³-hybridized carbons (Fsp3) is 0.250. The van der Waals surface area contributed by atoms with E-state index in [1.807, 2.05) is 24.3 Å². The molecule has 0 spiro atoms. The zero-order valence-electron chi connectivity index (χ0n) is 8.09. The van der Waals surface area contributed by atoms with Crippen molar-refractivity contribution in [1.29, 1.82) is 5.26 Å². The minimum absolute atomic E-state index is 0.645. The van der Waals surface area contributed by atoms with Crippen LogP contribution < -0.4 is 0 Å². The number of benzene rings is 1. The average Bonchev–Trinajstić information content (AvgIpc) is 2.74. The van der Waals surface area contributed by atoms with Gasteiger partial charge in [0.05, 0.1) is 6.07 Å². The number of hydrogen-bond donors (Lipinski definition) is 2. The normalized spacial score (nSPS) is 16.9. The Balaban J connectivity index is 2.39. The Morgan fingerprint density at radius 1 is 1.33 bits per heavy atom. The van der Waals surface area contributed by atoms with E-state index in [9.17, 15) is 10.2 Å². The van der Waals surface area contributed by atoms with Gasteiger partial charge in [-0.15, -0.1) is 0 Å². The van der Waals surface area contributed by atoms with E-state index in [4.69, 9.17) is 5.26 Å². The van der Waals surface area contributed by atoms with E-state index >= 15 is 0 Å². The quantitative estimate of drug-likeness (QED) is 0.706. The first-order chi connectivity index (χ1) is 7.24. The highest BCUT2D eigenvalue weighted by atomic mass is 16.3. The van der Waals surface area contributed by atoms with E-state index in [0.717, 1.165) is 17.5 Å². The Bertz CT molecular complexity index is 445. The van der Waals surface area contributed by atoms with Crippen molar-refractivity contribution >= 4 is 6.08 Å². The lowest BCUT2D eigenvalue weighted by atomic mass is 9.96. The van der Waals surface area contributed by atoms with Crippen LogP contribution in [-0.2, 0) is 6.42 Å². The molecule has 1 aromatic rings. The minimum atomic E-state index is -1.36. The van der Waals surface area contributed by atoms with Crippen molar-refractivity contribution in [3.63, 3.8) is 0 Å². The molecule has 0 fully saturated rings. The molecule has 0 saturated heterocycles. The molecule has 1 aliphatic carbocycles. The van der Waals surface area contributed by atoms with Gasteiger partial charge in [0.2, 0.25) is 0 Å². The molecule has 1 aromatic carbocycles. The summed E-state index contributed by atoms with van der Waals surface area (Å²) in [6, 6.07) is 7.16. The Kier molecular flexibility index (Phi) is 2.55. The summed E-state index contributed by atoms with van der Waals surface area (Å²) in [5.74, 6) is 0. The van der Waals surface area contributed by atoms with E-state index in [2.05, 4.69) is 0 Å². The second-order valence-electron chi connectivity index (χ2n) is 3.54. The molecule has 3 nitrogen and oxygen atoms in total. The molecule has 0 saturated carbocycles. The topological polar surface area (TPSA) is 64.2 Å². The van der Waals surface area contributed by atoms with Crippen molar-refractivity contribution in [3.05, 3.63) is 41.0 Å². The fourth-order valence-electron chi connectivity index (χ4n) is 1.84. The average molecular weight is 201 g/mol. The molecule has 0 aromatic heterocycles. The van der Waals surface area contributed by atoms with Crippen LogP contribution >= 0.6 is 0 Å². The maximum Gasteiger partial charge on any atom is 0.170 e. The molecule has 2 N–H and O–H groups in total. The zero-order valence-corrected chi connectivity index (χ0v) is 8.09. The summed E-state index contributed by atoms with van der Waals surface area (Å²) in [6.07, 6.45) is 2.24. The molecule has 0 aliphatic heterocycles. The first-order valence-electron chi connectivity index (χ1n) is 4.78. The number of fused-ring (bicyclic) bond motifs is 1. The molecule has 2 unspecified atom stereocenters. The molecule has 76 valence electrons. The molecule has 1 aliphatic rings. The van der Waals surface area contributed by atoms with Crippen LogP contribution in [0.15, 0.2) is 24.3 Å². The number of aliphatic hydroxyl groups is 2. The van der Waals surface area contributed by atoms with E-state index in [0.29, 0.717) is 5.56 Å². The maximum absolute atomic E-state index is 9.75. The maximum atomic E-state index is 9.75. The van der Waals surface area contributed by atoms with Crippen molar-refractivity contribution in [1.82, 2.24) is 0 Å². The van der Waals surface area contributed by atoms with Gasteiger partial charge < -0.3 is 10.2 Å². The first kappa shape index (κ1) is 9.91. The lowest BCUT2D eigenvalue weighted by molar-refractivity contribution is 0.0523. The number of rotatable bonds is 2. The Morgan fingerprint density at radius 2 is 2.13 bits per heavy atom. The highest BCUT2D eigenvalue weighted by Crippen LogP contribution is 2.28. The van der Waals surface area contributed by atoms with Gasteiger partial charge in [-0.25, -0.2) is 0 Å². The standard InChI is InChI=1S/C12H11NO2/c13-7-11(14)12(15)10-6-2-4-8-3-1-5-9(8)10/h1-4,6,11-12,14-15H,5H2. The minimum Gasteiger partial charge on any atom is -0.385 e. The third-order valence-corrected chi connectivity index (χ3v) is 2.62. The summed E-state index contributed by atoms with van der Waals surface area (Å²) < 4.78 is 0. The van der Waals surface area contributed by atoms with Crippen molar-refractivity contribution in [2.24, 2.45) is 0 Å². The highest BCUT2D eigenvalue weighted by molar-refractivity contribution is 5.62. The van der Waals surface area contributed by atoms with Crippen LogP contribution in [0.1, 0.15) is 22.8 Å². The van der Waals surface area contributed by atoms with Gasteiger partial charge in [0.1, 0.15) is 6.10 Å². The van der Waals surface area contributed by atoms with Gasteiger partial charge in [0, 0.05) is 0 Å². The molecule has 0 radical (unpaired) electrons. The smallest absolute Gasteiger partial charge is 0.170 e. The lowest BCUT2D eigenvalue weighted by Gasteiger charge is -2.15. The number of allylic oxidation sites excluding steroid dienone is 1. The van der Waals surface area contributed by atoms with Crippen LogP contribution in [0.4, 0.5) is 0 Å². The van der Waals surface area contributed by atoms with Crippen LogP contribution in [0, 0.1) is 11.3 Å². The SMILES string of the molecule is N#CC(O)C(O)c1cccc2c1CC=C2. The van der Waals surface area contributed by atoms with Gasteiger partial charge in [-0.05, 0) is 23.1 Å². The lowest BCUT2D eigenvalue weighted by Crippen LogP contribution is -2.17. The summed E-state index contributed by atoms with van der Waals surface area (Å²) in [5.41, 5.74) is 2.70. The van der Waals surface area contributed by atoms with Crippen molar-refractivity contribution in [3.8, 4) is 6.07 Å². The Labute approximate surface area is 87.9 Å². The van der Waals surface area contributed by atoms with Gasteiger partial charge in [-0.2, -0.15) is 5.26 Å². The van der Waals surface area contributed by atoms with Gasteiger partial charge in [-0.1, -0.05) is 30.4 Å². The number of aliphatic hydroxyl groups excluding tert-OH is 2. The van der Waals surface area contributed by atoms with Gasteiger partial charge in [0.15, 0.2) is 6.10 Å². The van der Waals surface area contributed by atoms with E-state index in [1.54, 1.807) is 12.1 Å². The summed E-state index contributed by atoms with van der Waals surface area (Å²) in [7, 11) is 0.